The molecule has 1 heterocycles. The summed E-state index contributed by atoms with van der Waals surface area (Å²) in [6, 6.07) is 22.6. The number of halogens is 1. The van der Waals surface area contributed by atoms with Gasteiger partial charge >= 0.3 is 0 Å². The highest BCUT2D eigenvalue weighted by Crippen LogP contribution is 2.29. The summed E-state index contributed by atoms with van der Waals surface area (Å²) < 4.78 is 1.01. The van der Waals surface area contributed by atoms with Crippen LogP contribution in [0.25, 0.3) is 22.4 Å². The molecule has 2 aromatic carbocycles. The topological polar surface area (TPSA) is 12.9 Å². The Balaban J connectivity index is 2.04. The molecular weight excluding hydrogens is 298 g/mol. The lowest BCUT2D eigenvalue weighted by atomic mass is 10.1. The normalized spacial score (nSPS) is 10.4. The van der Waals surface area contributed by atoms with E-state index in [1.54, 1.807) is 0 Å². The molecule has 0 saturated heterocycles. The van der Waals surface area contributed by atoms with Crippen molar-refractivity contribution in [3.05, 3.63) is 77.4 Å². The first-order chi connectivity index (χ1) is 9.34. The van der Waals surface area contributed by atoms with Crippen LogP contribution in [-0.2, 0) is 0 Å². The maximum absolute atomic E-state index is 4.58. The molecule has 0 aliphatic carbocycles. The molecule has 0 unspecified atom stereocenters. The van der Waals surface area contributed by atoms with Crippen molar-refractivity contribution < 1.29 is 0 Å². The summed E-state index contributed by atoms with van der Waals surface area (Å²) in [6.07, 6.45) is 1.92. The van der Waals surface area contributed by atoms with Crippen LogP contribution in [0.3, 0.4) is 0 Å². The van der Waals surface area contributed by atoms with Crippen molar-refractivity contribution in [2.45, 2.75) is 0 Å². The second-order valence-electron chi connectivity index (χ2n) is 4.29. The van der Waals surface area contributed by atoms with Crippen molar-refractivity contribution in [3.63, 3.8) is 0 Å². The molecule has 0 spiro atoms. The van der Waals surface area contributed by atoms with Gasteiger partial charge in [-0.2, -0.15) is 0 Å². The summed E-state index contributed by atoms with van der Waals surface area (Å²) in [4.78, 5) is 4.58. The van der Waals surface area contributed by atoms with Gasteiger partial charge in [-0.15, -0.1) is 0 Å². The first-order valence-corrected chi connectivity index (χ1v) is 6.90. The van der Waals surface area contributed by atoms with Crippen LogP contribution in [0.5, 0.6) is 0 Å². The van der Waals surface area contributed by atoms with Crippen molar-refractivity contribution >= 4 is 15.9 Å². The third-order valence-electron chi connectivity index (χ3n) is 3.00. The van der Waals surface area contributed by atoms with Crippen molar-refractivity contribution in [2.24, 2.45) is 0 Å². The van der Waals surface area contributed by atoms with Crippen LogP contribution in [0.2, 0.25) is 0 Å². The summed E-state index contributed by atoms with van der Waals surface area (Å²) in [5.74, 6) is 0. The highest BCUT2D eigenvalue weighted by Gasteiger charge is 2.06. The minimum atomic E-state index is 0.972. The fraction of sp³-hybridized carbons (Fsp3) is 0. The van der Waals surface area contributed by atoms with Crippen molar-refractivity contribution in [2.75, 3.05) is 0 Å². The lowest BCUT2D eigenvalue weighted by Crippen LogP contribution is -1.87. The molecule has 2 heteroatoms. The SMILES string of the molecule is Brc1cc(-c2ccccc2)cnc1-c1ccccc1. The number of nitrogens with zero attached hydrogens (tertiary/aromatic N) is 1. The summed E-state index contributed by atoms with van der Waals surface area (Å²) in [6.45, 7) is 0. The summed E-state index contributed by atoms with van der Waals surface area (Å²) >= 11 is 3.62. The van der Waals surface area contributed by atoms with Crippen LogP contribution in [0, 0.1) is 0 Å². The van der Waals surface area contributed by atoms with Gasteiger partial charge in [-0.3, -0.25) is 4.98 Å². The molecule has 0 aliphatic heterocycles. The van der Waals surface area contributed by atoms with Gasteiger partial charge in [0.05, 0.1) is 5.69 Å². The van der Waals surface area contributed by atoms with Gasteiger partial charge in [-0.25, -0.2) is 0 Å². The van der Waals surface area contributed by atoms with Gasteiger partial charge in [-0.1, -0.05) is 60.7 Å². The van der Waals surface area contributed by atoms with Crippen molar-refractivity contribution in [1.82, 2.24) is 4.98 Å². The van der Waals surface area contributed by atoms with Crippen LogP contribution in [0.15, 0.2) is 77.4 Å². The molecule has 0 N–H and O–H groups in total. The molecule has 1 aromatic heterocycles. The lowest BCUT2D eigenvalue weighted by Gasteiger charge is -2.07. The highest BCUT2D eigenvalue weighted by atomic mass is 79.9. The monoisotopic (exact) mass is 309 g/mol. The summed E-state index contributed by atoms with van der Waals surface area (Å²) in [5.41, 5.74) is 4.39. The smallest absolute Gasteiger partial charge is 0.0844 e. The van der Waals surface area contributed by atoms with E-state index in [-0.39, 0.29) is 0 Å². The van der Waals surface area contributed by atoms with E-state index < -0.39 is 0 Å². The first kappa shape index (κ1) is 12.1. The van der Waals surface area contributed by atoms with E-state index in [0.29, 0.717) is 0 Å². The standard InChI is InChI=1S/C17H12BrN/c18-16-11-15(13-7-3-1-4-8-13)12-19-17(16)14-9-5-2-6-10-14/h1-12H. The van der Waals surface area contributed by atoms with E-state index in [9.17, 15) is 0 Å². The average molecular weight is 310 g/mol. The predicted molar refractivity (Wildman–Crippen MR) is 82.8 cm³/mol. The average Bonchev–Trinajstić information content (AvgIpc) is 2.49. The Hall–Kier alpha value is -1.93. The summed E-state index contributed by atoms with van der Waals surface area (Å²) in [7, 11) is 0. The Morgan fingerprint density at radius 3 is 1.84 bits per heavy atom. The molecule has 0 saturated carbocycles. The largest absolute Gasteiger partial charge is 0.254 e. The van der Waals surface area contributed by atoms with E-state index in [4.69, 9.17) is 0 Å². The zero-order valence-electron chi connectivity index (χ0n) is 10.3. The van der Waals surface area contributed by atoms with E-state index in [0.717, 1.165) is 21.3 Å². The molecule has 0 fully saturated rings. The quantitative estimate of drug-likeness (QED) is 0.635. The van der Waals surface area contributed by atoms with E-state index in [2.05, 4.69) is 51.2 Å². The molecule has 92 valence electrons. The molecule has 0 aliphatic rings. The molecule has 1 nitrogen and oxygen atoms in total. The molecular formula is C17H12BrN. The van der Waals surface area contributed by atoms with Crippen LogP contribution in [0.1, 0.15) is 0 Å². The highest BCUT2D eigenvalue weighted by molar-refractivity contribution is 9.10. The third kappa shape index (κ3) is 2.59. The second-order valence-corrected chi connectivity index (χ2v) is 5.14. The molecule has 3 rings (SSSR count). The maximum atomic E-state index is 4.58. The fourth-order valence-corrected chi connectivity index (χ4v) is 2.61. The maximum Gasteiger partial charge on any atom is 0.0844 e. The molecule has 3 aromatic rings. The van der Waals surface area contributed by atoms with Gasteiger partial charge < -0.3 is 0 Å². The number of benzene rings is 2. The molecule has 0 bridgehead atoms. The molecule has 19 heavy (non-hydrogen) atoms. The number of hydrogen-bond acceptors (Lipinski definition) is 1. The van der Waals surface area contributed by atoms with E-state index >= 15 is 0 Å². The minimum absolute atomic E-state index is 0.972. The van der Waals surface area contributed by atoms with Crippen LogP contribution in [0.4, 0.5) is 0 Å². The zero-order valence-corrected chi connectivity index (χ0v) is 11.8. The van der Waals surface area contributed by atoms with Gasteiger partial charge in [0, 0.05) is 21.8 Å². The van der Waals surface area contributed by atoms with E-state index in [1.165, 1.54) is 5.56 Å². The first-order valence-electron chi connectivity index (χ1n) is 6.11. The third-order valence-corrected chi connectivity index (χ3v) is 3.60. The number of hydrogen-bond donors (Lipinski definition) is 0. The van der Waals surface area contributed by atoms with Crippen LogP contribution >= 0.6 is 15.9 Å². The van der Waals surface area contributed by atoms with Crippen LogP contribution in [-0.4, -0.2) is 4.98 Å². The van der Waals surface area contributed by atoms with Crippen LogP contribution < -0.4 is 0 Å². The Morgan fingerprint density at radius 1 is 0.684 bits per heavy atom. The number of rotatable bonds is 2. The minimum Gasteiger partial charge on any atom is -0.254 e. The predicted octanol–water partition coefficient (Wildman–Crippen LogP) is 5.18. The second kappa shape index (κ2) is 5.37. The van der Waals surface area contributed by atoms with Gasteiger partial charge in [0.25, 0.3) is 0 Å². The Kier molecular flexibility index (Phi) is 3.43. The van der Waals surface area contributed by atoms with Gasteiger partial charge in [0.15, 0.2) is 0 Å². The lowest BCUT2D eigenvalue weighted by molar-refractivity contribution is 1.31. The van der Waals surface area contributed by atoms with Crippen molar-refractivity contribution in [1.29, 1.82) is 0 Å². The Bertz CT molecular complexity index is 678. The molecule has 0 atom stereocenters. The van der Waals surface area contributed by atoms with E-state index in [1.807, 2.05) is 42.6 Å². The van der Waals surface area contributed by atoms with Gasteiger partial charge in [-0.05, 0) is 27.6 Å². The molecule has 0 radical (unpaired) electrons. The van der Waals surface area contributed by atoms with Gasteiger partial charge in [0.1, 0.15) is 0 Å². The number of aromatic nitrogens is 1. The summed E-state index contributed by atoms with van der Waals surface area (Å²) in [5, 5.41) is 0. The van der Waals surface area contributed by atoms with Gasteiger partial charge in [0.2, 0.25) is 0 Å². The molecule has 0 amide bonds. The number of pyridine rings is 1. The van der Waals surface area contributed by atoms with Crippen molar-refractivity contribution in [3.8, 4) is 22.4 Å². The zero-order chi connectivity index (χ0) is 13.1. The Labute approximate surface area is 121 Å². The fourth-order valence-electron chi connectivity index (χ4n) is 2.03. The Morgan fingerprint density at radius 2 is 1.26 bits per heavy atom.